The highest BCUT2D eigenvalue weighted by molar-refractivity contribution is 5.22. The monoisotopic (exact) mass is 210 g/mol. The highest BCUT2D eigenvalue weighted by Crippen LogP contribution is 2.49. The smallest absolute Gasteiger partial charge is 0.256 e. The molecular weight excluding hydrogens is 204 g/mol. The van der Waals surface area contributed by atoms with Crippen molar-refractivity contribution in [1.29, 1.82) is 0 Å². The van der Waals surface area contributed by atoms with Crippen molar-refractivity contribution >= 4 is 0 Å². The van der Waals surface area contributed by atoms with Gasteiger partial charge in [0.2, 0.25) is 0 Å². The minimum Gasteiger partial charge on any atom is -0.256 e. The fourth-order valence-electron chi connectivity index (χ4n) is 1.40. The van der Waals surface area contributed by atoms with Crippen molar-refractivity contribution in [3.63, 3.8) is 0 Å². The van der Waals surface area contributed by atoms with E-state index < -0.39 is 21.8 Å². The minimum absolute atomic E-state index is 0.436. The third-order valence-corrected chi connectivity index (χ3v) is 2.20. The Bertz CT molecular complexity index is 404. The number of benzene rings is 1. The molecule has 7 nitrogen and oxygen atoms in total. The molecule has 78 valence electrons. The topological polar surface area (TPSA) is 98.8 Å². The largest absolute Gasteiger partial charge is 0.611 e. The summed E-state index contributed by atoms with van der Waals surface area (Å²) in [5.41, 5.74) is 0.436. The van der Waals surface area contributed by atoms with Crippen LogP contribution in [0.2, 0.25) is 0 Å². The van der Waals surface area contributed by atoms with Gasteiger partial charge in [-0.1, -0.05) is 30.3 Å². The zero-order valence-corrected chi connectivity index (χ0v) is 7.40. The Morgan fingerprint density at radius 3 is 2.07 bits per heavy atom. The van der Waals surface area contributed by atoms with Crippen molar-refractivity contribution in [2.75, 3.05) is 0 Å². The number of ether oxygens (including phenoxy) is 1. The van der Waals surface area contributed by atoms with Gasteiger partial charge in [-0.15, -0.1) is 0 Å². The van der Waals surface area contributed by atoms with Crippen molar-refractivity contribution in [3.05, 3.63) is 56.1 Å². The van der Waals surface area contributed by atoms with Crippen LogP contribution >= 0.6 is 0 Å². The summed E-state index contributed by atoms with van der Waals surface area (Å²) in [6.45, 7) is 0. The maximum Gasteiger partial charge on any atom is 0.611 e. The van der Waals surface area contributed by atoms with E-state index in [1.54, 1.807) is 30.3 Å². The van der Waals surface area contributed by atoms with Gasteiger partial charge in [-0.3, -0.25) is 20.2 Å². The molecule has 0 amide bonds. The molecule has 15 heavy (non-hydrogen) atoms. The van der Waals surface area contributed by atoms with Crippen LogP contribution in [0.4, 0.5) is 0 Å². The van der Waals surface area contributed by atoms with Crippen molar-refractivity contribution in [1.82, 2.24) is 0 Å². The van der Waals surface area contributed by atoms with Gasteiger partial charge in [0.1, 0.15) is 9.85 Å². The maximum absolute atomic E-state index is 10.5. The Hall–Kier alpha value is -2.02. The number of epoxide rings is 1. The molecule has 1 aromatic rings. The van der Waals surface area contributed by atoms with Crippen LogP contribution in [0, 0.1) is 20.2 Å². The molecule has 0 aromatic heterocycles. The van der Waals surface area contributed by atoms with E-state index in [0.717, 1.165) is 0 Å². The van der Waals surface area contributed by atoms with Crippen molar-refractivity contribution in [2.24, 2.45) is 0 Å². The van der Waals surface area contributed by atoms with Crippen LogP contribution < -0.4 is 0 Å². The summed E-state index contributed by atoms with van der Waals surface area (Å²) in [4.78, 5) is 19.1. The van der Waals surface area contributed by atoms with E-state index in [0.29, 0.717) is 5.56 Å². The molecule has 0 bridgehead atoms. The Morgan fingerprint density at radius 2 is 1.67 bits per heavy atom. The van der Waals surface area contributed by atoms with Crippen LogP contribution in [0.15, 0.2) is 30.3 Å². The SMILES string of the molecule is O=[N+]([O-])C1([N+](=O)[O-])OC1c1ccccc1. The summed E-state index contributed by atoms with van der Waals surface area (Å²) in [6, 6.07) is 8.11. The van der Waals surface area contributed by atoms with Crippen LogP contribution in [-0.4, -0.2) is 15.7 Å². The molecule has 1 fully saturated rings. The fraction of sp³-hybridized carbons (Fsp3) is 0.250. The number of rotatable bonds is 3. The summed E-state index contributed by atoms with van der Waals surface area (Å²) in [7, 11) is 0. The first-order chi connectivity index (χ1) is 7.09. The highest BCUT2D eigenvalue weighted by Gasteiger charge is 2.83. The van der Waals surface area contributed by atoms with Crippen LogP contribution in [0.25, 0.3) is 0 Å². The molecule has 1 aromatic carbocycles. The van der Waals surface area contributed by atoms with E-state index in [1.165, 1.54) is 0 Å². The van der Waals surface area contributed by atoms with Gasteiger partial charge in [-0.05, 0) is 5.56 Å². The van der Waals surface area contributed by atoms with E-state index in [9.17, 15) is 20.2 Å². The van der Waals surface area contributed by atoms with Crippen LogP contribution in [0.3, 0.4) is 0 Å². The van der Waals surface area contributed by atoms with Gasteiger partial charge in [0.15, 0.2) is 0 Å². The zero-order valence-electron chi connectivity index (χ0n) is 7.40. The molecule has 0 radical (unpaired) electrons. The second-order valence-electron chi connectivity index (χ2n) is 3.08. The molecule has 7 heteroatoms. The number of nitrogens with zero attached hydrogens (tertiary/aromatic N) is 2. The standard InChI is InChI=1S/C8H6N2O5/c11-9(12)8(10(13)14)7(15-8)6-4-2-1-3-5-6/h1-5,7H. The lowest BCUT2D eigenvalue weighted by atomic mass is 10.1. The molecule has 1 aliphatic rings. The van der Waals surface area contributed by atoms with Gasteiger partial charge in [-0.2, -0.15) is 0 Å². The molecule has 0 N–H and O–H groups in total. The van der Waals surface area contributed by atoms with Crippen molar-refractivity contribution < 1.29 is 14.6 Å². The Labute approximate surface area is 83.6 Å². The molecule has 1 aliphatic heterocycles. The number of hydrogen-bond acceptors (Lipinski definition) is 5. The highest BCUT2D eigenvalue weighted by atomic mass is 16.8. The third-order valence-electron chi connectivity index (χ3n) is 2.20. The first-order valence-electron chi connectivity index (χ1n) is 4.11. The fourth-order valence-corrected chi connectivity index (χ4v) is 1.40. The lowest BCUT2D eigenvalue weighted by Crippen LogP contribution is -2.33. The van der Waals surface area contributed by atoms with E-state index in [4.69, 9.17) is 0 Å². The van der Waals surface area contributed by atoms with Gasteiger partial charge in [-0.25, -0.2) is 4.74 Å². The van der Waals surface area contributed by atoms with Gasteiger partial charge >= 0.3 is 5.85 Å². The predicted molar refractivity (Wildman–Crippen MR) is 47.0 cm³/mol. The van der Waals surface area contributed by atoms with E-state index in [2.05, 4.69) is 4.74 Å². The average Bonchev–Trinajstić information content (AvgIpc) is 2.95. The summed E-state index contributed by atoms with van der Waals surface area (Å²) < 4.78 is 4.62. The van der Waals surface area contributed by atoms with Gasteiger partial charge < -0.3 is 0 Å². The van der Waals surface area contributed by atoms with Gasteiger partial charge in [0.25, 0.3) is 6.10 Å². The summed E-state index contributed by atoms with van der Waals surface area (Å²) in [6.07, 6.45) is -1.09. The zero-order chi connectivity index (χ0) is 11.1. The number of nitro groups is 2. The predicted octanol–water partition coefficient (Wildman–Crippen LogP) is 0.965. The molecule has 0 saturated carbocycles. The lowest BCUT2D eigenvalue weighted by Gasteiger charge is -1.95. The first-order valence-corrected chi connectivity index (χ1v) is 4.11. The maximum atomic E-state index is 10.5. The molecule has 0 spiro atoms. The first kappa shape index (κ1) is 9.53. The van der Waals surface area contributed by atoms with Gasteiger partial charge in [0.05, 0.1) is 0 Å². The lowest BCUT2D eigenvalue weighted by molar-refractivity contribution is -0.788. The van der Waals surface area contributed by atoms with Crippen molar-refractivity contribution in [3.8, 4) is 0 Å². The Balaban J connectivity index is 2.31. The quantitative estimate of drug-likeness (QED) is 0.320. The summed E-state index contributed by atoms with van der Waals surface area (Å²) in [5.74, 6) is -2.48. The Kier molecular flexibility index (Phi) is 1.90. The van der Waals surface area contributed by atoms with E-state index >= 15 is 0 Å². The normalized spacial score (nSPS) is 22.0. The summed E-state index contributed by atoms with van der Waals surface area (Å²) >= 11 is 0. The summed E-state index contributed by atoms with van der Waals surface area (Å²) in [5, 5.41) is 21.1. The molecule has 1 heterocycles. The molecule has 1 unspecified atom stereocenters. The molecule has 0 aliphatic carbocycles. The van der Waals surface area contributed by atoms with Crippen LogP contribution in [-0.2, 0) is 4.74 Å². The van der Waals surface area contributed by atoms with Gasteiger partial charge in [0, 0.05) is 0 Å². The molecule has 2 rings (SSSR count). The Morgan fingerprint density at radius 1 is 1.13 bits per heavy atom. The van der Waals surface area contributed by atoms with E-state index in [-0.39, 0.29) is 0 Å². The third kappa shape index (κ3) is 1.24. The minimum atomic E-state index is -2.48. The second kappa shape index (κ2) is 2.99. The van der Waals surface area contributed by atoms with Crippen LogP contribution in [0.5, 0.6) is 0 Å². The molecule has 1 saturated heterocycles. The second-order valence-corrected chi connectivity index (χ2v) is 3.08. The molecule has 1 atom stereocenters. The van der Waals surface area contributed by atoms with Crippen molar-refractivity contribution in [2.45, 2.75) is 12.0 Å². The molecular formula is C8H6N2O5. The van der Waals surface area contributed by atoms with Crippen LogP contribution in [0.1, 0.15) is 11.7 Å². The van der Waals surface area contributed by atoms with E-state index in [1.807, 2.05) is 0 Å². The number of hydrogen-bond donors (Lipinski definition) is 0. The average molecular weight is 210 g/mol.